The molecule has 0 radical (unpaired) electrons. The molecule has 0 aliphatic carbocycles. The summed E-state index contributed by atoms with van der Waals surface area (Å²) in [6, 6.07) is 7.46. The number of carbonyl (C=O) groups excluding carboxylic acids is 1. The van der Waals surface area contributed by atoms with Crippen LogP contribution < -0.4 is 5.73 Å². The number of benzene rings is 1. The maximum absolute atomic E-state index is 12.6. The quantitative estimate of drug-likeness (QED) is 0.760. The van der Waals surface area contributed by atoms with Crippen LogP contribution in [0.3, 0.4) is 0 Å². The van der Waals surface area contributed by atoms with Crippen LogP contribution in [-0.4, -0.2) is 23.7 Å². The van der Waals surface area contributed by atoms with E-state index in [1.54, 1.807) is 0 Å². The third-order valence-electron chi connectivity index (χ3n) is 4.24. The Kier molecular flexibility index (Phi) is 6.63. The van der Waals surface area contributed by atoms with E-state index in [2.05, 4.69) is 4.98 Å². The number of aromatic nitrogens is 1. The van der Waals surface area contributed by atoms with Crippen molar-refractivity contribution >= 4 is 17.6 Å². The molecule has 27 heavy (non-hydrogen) atoms. The van der Waals surface area contributed by atoms with Crippen LogP contribution in [0.25, 0.3) is 11.1 Å². The Morgan fingerprint density at radius 1 is 1.22 bits per heavy atom. The summed E-state index contributed by atoms with van der Waals surface area (Å²) in [6.45, 7) is 9.80. The van der Waals surface area contributed by atoms with Crippen LogP contribution in [-0.2, 0) is 20.8 Å². The van der Waals surface area contributed by atoms with Gasteiger partial charge in [-0.3, -0.25) is 4.98 Å². The number of pyridine rings is 1. The van der Waals surface area contributed by atoms with E-state index < -0.39 is 17.7 Å². The van der Waals surface area contributed by atoms with Crippen LogP contribution in [0.1, 0.15) is 49.4 Å². The number of methoxy groups -OCH3 is 1. The second-order valence-electron chi connectivity index (χ2n) is 7.40. The number of hydrogen-bond donors (Lipinski definition) is 1. The summed E-state index contributed by atoms with van der Waals surface area (Å²) in [5, 5.41) is 0.637. The molecule has 0 aliphatic heterocycles. The van der Waals surface area contributed by atoms with Crippen molar-refractivity contribution in [1.82, 2.24) is 4.98 Å². The minimum absolute atomic E-state index is 0.302. The Morgan fingerprint density at radius 3 is 2.30 bits per heavy atom. The number of nitrogens with two attached hydrogens (primary N) is 1. The van der Waals surface area contributed by atoms with Crippen LogP contribution in [0.4, 0.5) is 0 Å². The van der Waals surface area contributed by atoms with Gasteiger partial charge in [0, 0.05) is 22.8 Å². The molecule has 5 nitrogen and oxygen atoms in total. The first kappa shape index (κ1) is 21.4. The average molecular weight is 391 g/mol. The highest BCUT2D eigenvalue weighted by atomic mass is 35.5. The summed E-state index contributed by atoms with van der Waals surface area (Å²) in [5.41, 5.74) is 10.2. The lowest BCUT2D eigenvalue weighted by atomic mass is 9.90. The van der Waals surface area contributed by atoms with Crippen molar-refractivity contribution < 1.29 is 14.3 Å². The maximum atomic E-state index is 12.6. The summed E-state index contributed by atoms with van der Waals surface area (Å²) < 4.78 is 11.1. The van der Waals surface area contributed by atoms with E-state index in [4.69, 9.17) is 26.8 Å². The van der Waals surface area contributed by atoms with Gasteiger partial charge < -0.3 is 15.2 Å². The minimum Gasteiger partial charge on any atom is -0.467 e. The second-order valence-corrected chi connectivity index (χ2v) is 7.84. The lowest BCUT2D eigenvalue weighted by Crippen LogP contribution is -2.29. The summed E-state index contributed by atoms with van der Waals surface area (Å²) >= 11 is 6.06. The molecule has 0 bridgehead atoms. The van der Waals surface area contributed by atoms with Gasteiger partial charge in [-0.25, -0.2) is 4.79 Å². The molecule has 2 rings (SSSR count). The number of nitrogens with zero attached hydrogens (tertiary/aromatic N) is 1. The summed E-state index contributed by atoms with van der Waals surface area (Å²) in [6.07, 6.45) is -0.904. The van der Waals surface area contributed by atoms with Gasteiger partial charge in [-0.2, -0.15) is 0 Å². The Bertz CT molecular complexity index is 827. The number of hydrogen-bond acceptors (Lipinski definition) is 5. The average Bonchev–Trinajstić information content (AvgIpc) is 2.60. The molecule has 1 unspecified atom stereocenters. The summed E-state index contributed by atoms with van der Waals surface area (Å²) in [7, 11) is 1.35. The molecule has 0 fully saturated rings. The van der Waals surface area contributed by atoms with Gasteiger partial charge in [0.05, 0.1) is 18.4 Å². The van der Waals surface area contributed by atoms with Crippen LogP contribution >= 0.6 is 11.6 Å². The van der Waals surface area contributed by atoms with Crippen molar-refractivity contribution in [2.75, 3.05) is 7.11 Å². The lowest BCUT2D eigenvalue weighted by Gasteiger charge is -2.29. The SMILES string of the molecule is COC(=O)C(OC(C)(C)C)c1c(C)nc(CN)c(C)c1-c1ccc(Cl)cc1. The van der Waals surface area contributed by atoms with Gasteiger partial charge in [0.1, 0.15) is 0 Å². The number of halogens is 1. The van der Waals surface area contributed by atoms with E-state index in [9.17, 15) is 4.79 Å². The molecule has 146 valence electrons. The van der Waals surface area contributed by atoms with Crippen molar-refractivity contribution in [3.63, 3.8) is 0 Å². The Labute approximate surface area is 165 Å². The van der Waals surface area contributed by atoms with E-state index in [1.807, 2.05) is 58.9 Å². The van der Waals surface area contributed by atoms with Gasteiger partial charge in [-0.15, -0.1) is 0 Å². The molecule has 0 amide bonds. The van der Waals surface area contributed by atoms with Crippen LogP contribution in [0, 0.1) is 13.8 Å². The highest BCUT2D eigenvalue weighted by Gasteiger charge is 2.33. The maximum Gasteiger partial charge on any atom is 0.339 e. The molecular weight excluding hydrogens is 364 g/mol. The number of esters is 1. The summed E-state index contributed by atoms with van der Waals surface area (Å²) in [4.78, 5) is 17.2. The highest BCUT2D eigenvalue weighted by molar-refractivity contribution is 6.30. The Hall–Kier alpha value is -1.95. The van der Waals surface area contributed by atoms with Crippen LogP contribution in [0.2, 0.25) is 5.02 Å². The second kappa shape index (κ2) is 8.38. The molecule has 2 aromatic rings. The fourth-order valence-corrected chi connectivity index (χ4v) is 3.19. The van der Waals surface area contributed by atoms with Gasteiger partial charge in [0.15, 0.2) is 6.10 Å². The monoisotopic (exact) mass is 390 g/mol. The topological polar surface area (TPSA) is 74.4 Å². The zero-order valence-corrected chi connectivity index (χ0v) is 17.5. The number of aryl methyl sites for hydroxylation is 1. The number of ether oxygens (including phenoxy) is 2. The molecule has 1 aromatic carbocycles. The van der Waals surface area contributed by atoms with Crippen molar-refractivity contribution in [3.05, 3.63) is 51.8 Å². The molecule has 1 aromatic heterocycles. The fourth-order valence-electron chi connectivity index (χ4n) is 3.07. The standard InChI is InChI=1S/C21H27ClN2O3/c1-12-16(11-23)24-13(2)18(17(12)14-7-9-15(22)10-8-14)19(20(25)26-6)27-21(3,4)5/h7-10,19H,11,23H2,1-6H3. The molecule has 0 saturated carbocycles. The number of rotatable bonds is 5. The molecule has 0 aliphatic rings. The highest BCUT2D eigenvalue weighted by Crippen LogP contribution is 2.38. The van der Waals surface area contributed by atoms with Gasteiger partial charge in [-0.1, -0.05) is 23.7 Å². The first-order valence-electron chi connectivity index (χ1n) is 8.80. The van der Waals surface area contributed by atoms with Crippen molar-refractivity contribution in [1.29, 1.82) is 0 Å². The Morgan fingerprint density at radius 2 is 1.81 bits per heavy atom. The van der Waals surface area contributed by atoms with Crippen LogP contribution in [0.5, 0.6) is 0 Å². The molecule has 2 N–H and O–H groups in total. The van der Waals surface area contributed by atoms with Gasteiger partial charge in [-0.05, 0) is 63.4 Å². The zero-order valence-electron chi connectivity index (χ0n) is 16.7. The van der Waals surface area contributed by atoms with Crippen molar-refractivity contribution in [2.45, 2.75) is 52.9 Å². The fraction of sp³-hybridized carbons (Fsp3) is 0.429. The molecule has 6 heteroatoms. The summed E-state index contributed by atoms with van der Waals surface area (Å²) in [5.74, 6) is -0.468. The van der Waals surface area contributed by atoms with E-state index in [-0.39, 0.29) is 0 Å². The predicted octanol–water partition coefficient (Wildman–Crippen LogP) is 4.51. The van der Waals surface area contributed by atoms with Crippen LogP contribution in [0.15, 0.2) is 24.3 Å². The lowest BCUT2D eigenvalue weighted by molar-refractivity contribution is -0.164. The van der Waals surface area contributed by atoms with E-state index >= 15 is 0 Å². The van der Waals surface area contributed by atoms with E-state index in [0.717, 1.165) is 22.4 Å². The number of carbonyl (C=O) groups is 1. The molecule has 0 spiro atoms. The molecular formula is C21H27ClN2O3. The van der Waals surface area contributed by atoms with Gasteiger partial charge in [0.25, 0.3) is 0 Å². The predicted molar refractivity (Wildman–Crippen MR) is 108 cm³/mol. The molecule has 1 heterocycles. The van der Waals surface area contributed by atoms with Crippen molar-refractivity contribution in [3.8, 4) is 11.1 Å². The third-order valence-corrected chi connectivity index (χ3v) is 4.50. The zero-order chi connectivity index (χ0) is 20.4. The molecule has 0 saturated heterocycles. The molecule has 1 atom stereocenters. The van der Waals surface area contributed by atoms with Crippen molar-refractivity contribution in [2.24, 2.45) is 5.73 Å². The normalized spacial score (nSPS) is 12.7. The van der Waals surface area contributed by atoms with E-state index in [1.165, 1.54) is 7.11 Å². The first-order chi connectivity index (χ1) is 12.6. The van der Waals surface area contributed by atoms with Gasteiger partial charge >= 0.3 is 5.97 Å². The largest absolute Gasteiger partial charge is 0.467 e. The smallest absolute Gasteiger partial charge is 0.339 e. The Balaban J connectivity index is 2.81. The third kappa shape index (κ3) is 4.86. The van der Waals surface area contributed by atoms with E-state index in [0.29, 0.717) is 22.8 Å². The minimum atomic E-state index is -0.904. The first-order valence-corrected chi connectivity index (χ1v) is 9.18. The van der Waals surface area contributed by atoms with Gasteiger partial charge in [0.2, 0.25) is 0 Å².